The highest BCUT2D eigenvalue weighted by Crippen LogP contribution is 2.17. The molecule has 30 heavy (non-hydrogen) atoms. The SMILES string of the molecule is O=C(c1ccc2nc3ccc(Cl)cc3c(=O)n2c1)N1CCN(c2ncccn2)CC1. The maximum absolute atomic E-state index is 13.0. The van der Waals surface area contributed by atoms with Crippen molar-refractivity contribution < 1.29 is 4.79 Å². The van der Waals surface area contributed by atoms with Crippen LogP contribution in [0.4, 0.5) is 5.95 Å². The molecule has 1 amide bonds. The lowest BCUT2D eigenvalue weighted by molar-refractivity contribution is 0.0745. The van der Waals surface area contributed by atoms with Gasteiger partial charge in [-0.25, -0.2) is 15.0 Å². The van der Waals surface area contributed by atoms with Crippen LogP contribution in [0.2, 0.25) is 5.02 Å². The standard InChI is InChI=1S/C21H17ClN6O2/c22-15-3-4-17-16(12-15)20(30)28-13-14(2-5-18(28)25-17)19(29)26-8-10-27(11-9-26)21-23-6-1-7-24-21/h1-7,12-13H,8-11H2. The molecule has 0 saturated carbocycles. The second kappa shape index (κ2) is 7.38. The van der Waals surface area contributed by atoms with Crippen molar-refractivity contribution >= 4 is 40.0 Å². The smallest absolute Gasteiger partial charge is 0.265 e. The molecule has 0 bridgehead atoms. The van der Waals surface area contributed by atoms with E-state index in [9.17, 15) is 9.59 Å². The van der Waals surface area contributed by atoms with Gasteiger partial charge in [-0.05, 0) is 36.4 Å². The van der Waals surface area contributed by atoms with Gasteiger partial charge in [-0.3, -0.25) is 14.0 Å². The zero-order valence-electron chi connectivity index (χ0n) is 15.9. The number of piperazine rings is 1. The molecule has 0 N–H and O–H groups in total. The maximum atomic E-state index is 13.0. The molecular formula is C21H17ClN6O2. The number of aromatic nitrogens is 4. The van der Waals surface area contributed by atoms with Crippen molar-refractivity contribution in [1.82, 2.24) is 24.3 Å². The first-order chi connectivity index (χ1) is 14.6. The van der Waals surface area contributed by atoms with E-state index in [2.05, 4.69) is 19.9 Å². The van der Waals surface area contributed by atoms with Gasteiger partial charge in [0.15, 0.2) is 0 Å². The Morgan fingerprint density at radius 2 is 1.77 bits per heavy atom. The summed E-state index contributed by atoms with van der Waals surface area (Å²) in [6.07, 6.45) is 4.97. The van der Waals surface area contributed by atoms with E-state index in [1.165, 1.54) is 4.40 Å². The summed E-state index contributed by atoms with van der Waals surface area (Å²) >= 11 is 6.03. The predicted molar refractivity (Wildman–Crippen MR) is 114 cm³/mol. The lowest BCUT2D eigenvalue weighted by atomic mass is 10.2. The van der Waals surface area contributed by atoms with E-state index in [0.717, 1.165) is 0 Å². The molecular weight excluding hydrogens is 404 g/mol. The van der Waals surface area contributed by atoms with E-state index in [0.29, 0.717) is 59.3 Å². The normalized spacial score (nSPS) is 14.4. The summed E-state index contributed by atoms with van der Waals surface area (Å²) in [5, 5.41) is 0.884. The number of anilines is 1. The molecule has 1 aromatic carbocycles. The van der Waals surface area contributed by atoms with E-state index >= 15 is 0 Å². The van der Waals surface area contributed by atoms with Crippen molar-refractivity contribution in [3.05, 3.63) is 75.9 Å². The number of hydrogen-bond acceptors (Lipinski definition) is 6. The largest absolute Gasteiger partial charge is 0.337 e. The van der Waals surface area contributed by atoms with Crippen LogP contribution in [-0.4, -0.2) is 56.3 Å². The van der Waals surface area contributed by atoms with Crippen LogP contribution in [0.3, 0.4) is 0 Å². The first-order valence-electron chi connectivity index (χ1n) is 9.53. The quantitative estimate of drug-likeness (QED) is 0.462. The minimum Gasteiger partial charge on any atom is -0.337 e. The van der Waals surface area contributed by atoms with Gasteiger partial charge in [0, 0.05) is 49.8 Å². The van der Waals surface area contributed by atoms with Gasteiger partial charge in [-0.2, -0.15) is 0 Å². The topological polar surface area (TPSA) is 83.7 Å². The Bertz CT molecular complexity index is 1320. The second-order valence-electron chi connectivity index (χ2n) is 7.05. The van der Waals surface area contributed by atoms with Gasteiger partial charge in [0.1, 0.15) is 5.65 Å². The van der Waals surface area contributed by atoms with Gasteiger partial charge in [0.25, 0.3) is 11.5 Å². The molecule has 0 atom stereocenters. The molecule has 0 spiro atoms. The number of benzene rings is 1. The molecule has 0 aliphatic carbocycles. The van der Waals surface area contributed by atoms with E-state index in [1.807, 2.05) is 0 Å². The van der Waals surface area contributed by atoms with Crippen LogP contribution in [-0.2, 0) is 0 Å². The number of amides is 1. The van der Waals surface area contributed by atoms with Crippen molar-refractivity contribution in [3.63, 3.8) is 0 Å². The molecule has 0 radical (unpaired) electrons. The summed E-state index contributed by atoms with van der Waals surface area (Å²) in [6, 6.07) is 10.2. The van der Waals surface area contributed by atoms with Crippen LogP contribution in [0, 0.1) is 0 Å². The fraction of sp³-hybridized carbons (Fsp3) is 0.190. The van der Waals surface area contributed by atoms with Gasteiger partial charge >= 0.3 is 0 Å². The zero-order chi connectivity index (χ0) is 20.7. The third-order valence-electron chi connectivity index (χ3n) is 5.22. The van der Waals surface area contributed by atoms with Crippen LogP contribution < -0.4 is 10.5 Å². The van der Waals surface area contributed by atoms with Crippen molar-refractivity contribution in [3.8, 4) is 0 Å². The maximum Gasteiger partial charge on any atom is 0.265 e. The average Bonchev–Trinajstić information content (AvgIpc) is 2.80. The highest BCUT2D eigenvalue weighted by molar-refractivity contribution is 6.31. The Hall–Kier alpha value is -3.52. The van der Waals surface area contributed by atoms with E-state index in [-0.39, 0.29) is 11.5 Å². The van der Waals surface area contributed by atoms with Crippen molar-refractivity contribution in [1.29, 1.82) is 0 Å². The second-order valence-corrected chi connectivity index (χ2v) is 7.49. The number of pyridine rings is 1. The molecule has 1 aliphatic heterocycles. The Morgan fingerprint density at radius 1 is 1.00 bits per heavy atom. The monoisotopic (exact) mass is 420 g/mol. The molecule has 9 heteroatoms. The van der Waals surface area contributed by atoms with Crippen LogP contribution in [0.5, 0.6) is 0 Å². The zero-order valence-corrected chi connectivity index (χ0v) is 16.7. The Morgan fingerprint density at radius 3 is 2.53 bits per heavy atom. The molecule has 1 aliphatic rings. The molecule has 5 rings (SSSR count). The summed E-state index contributed by atoms with van der Waals surface area (Å²) in [5.41, 5.74) is 1.25. The number of rotatable bonds is 2. The van der Waals surface area contributed by atoms with Gasteiger partial charge in [-0.15, -0.1) is 0 Å². The fourth-order valence-corrected chi connectivity index (χ4v) is 3.82. The van der Waals surface area contributed by atoms with E-state index in [4.69, 9.17) is 11.6 Å². The summed E-state index contributed by atoms with van der Waals surface area (Å²) in [4.78, 5) is 42.8. The van der Waals surface area contributed by atoms with Gasteiger partial charge in [0.05, 0.1) is 16.5 Å². The number of carbonyl (C=O) groups is 1. The van der Waals surface area contributed by atoms with Gasteiger partial charge in [-0.1, -0.05) is 11.6 Å². The van der Waals surface area contributed by atoms with Crippen LogP contribution in [0.25, 0.3) is 16.6 Å². The number of halogens is 1. The molecule has 8 nitrogen and oxygen atoms in total. The van der Waals surface area contributed by atoms with Crippen molar-refractivity contribution in [2.75, 3.05) is 31.1 Å². The van der Waals surface area contributed by atoms with E-state index < -0.39 is 0 Å². The summed E-state index contributed by atoms with van der Waals surface area (Å²) in [7, 11) is 0. The van der Waals surface area contributed by atoms with Gasteiger partial charge in [0.2, 0.25) is 5.95 Å². The lowest BCUT2D eigenvalue weighted by Crippen LogP contribution is -2.49. The third kappa shape index (κ3) is 3.25. The van der Waals surface area contributed by atoms with Crippen molar-refractivity contribution in [2.45, 2.75) is 0 Å². The highest BCUT2D eigenvalue weighted by Gasteiger charge is 2.24. The minimum atomic E-state index is -0.252. The molecule has 3 aromatic heterocycles. The lowest BCUT2D eigenvalue weighted by Gasteiger charge is -2.34. The average molecular weight is 421 g/mol. The Labute approximate surface area is 176 Å². The summed E-state index contributed by atoms with van der Waals surface area (Å²) < 4.78 is 1.40. The number of carbonyl (C=O) groups excluding carboxylic acids is 1. The molecule has 4 heterocycles. The van der Waals surface area contributed by atoms with Crippen molar-refractivity contribution in [2.24, 2.45) is 0 Å². The third-order valence-corrected chi connectivity index (χ3v) is 5.45. The predicted octanol–water partition coefficient (Wildman–Crippen LogP) is 2.25. The van der Waals surface area contributed by atoms with Crippen LogP contribution >= 0.6 is 11.6 Å². The number of nitrogens with zero attached hydrogens (tertiary/aromatic N) is 6. The minimum absolute atomic E-state index is 0.122. The molecule has 1 fully saturated rings. The number of fused-ring (bicyclic) bond motifs is 2. The summed E-state index contributed by atoms with van der Waals surface area (Å²) in [5.74, 6) is 0.544. The Balaban J connectivity index is 1.42. The summed E-state index contributed by atoms with van der Waals surface area (Å²) in [6.45, 7) is 2.40. The fourth-order valence-electron chi connectivity index (χ4n) is 3.65. The Kier molecular flexibility index (Phi) is 4.55. The van der Waals surface area contributed by atoms with Gasteiger partial charge < -0.3 is 9.80 Å². The molecule has 1 saturated heterocycles. The molecule has 4 aromatic rings. The van der Waals surface area contributed by atoms with E-state index in [1.54, 1.807) is 59.9 Å². The molecule has 150 valence electrons. The first-order valence-corrected chi connectivity index (χ1v) is 9.91. The number of hydrogen-bond donors (Lipinski definition) is 0. The molecule has 0 unspecified atom stereocenters. The first kappa shape index (κ1) is 18.5. The van der Waals surface area contributed by atoms with Crippen LogP contribution in [0.1, 0.15) is 10.4 Å². The highest BCUT2D eigenvalue weighted by atomic mass is 35.5. The van der Waals surface area contributed by atoms with Crippen LogP contribution in [0.15, 0.2) is 59.8 Å².